The summed E-state index contributed by atoms with van der Waals surface area (Å²) >= 11 is 0. The van der Waals surface area contributed by atoms with Crippen LogP contribution in [0.2, 0.25) is 0 Å². The fraction of sp³-hybridized carbons (Fsp3) is 1.00. The van der Waals surface area contributed by atoms with Crippen molar-refractivity contribution >= 4 is 0 Å². The van der Waals surface area contributed by atoms with Crippen molar-refractivity contribution < 1.29 is 33.0 Å². The summed E-state index contributed by atoms with van der Waals surface area (Å²) in [7, 11) is 0. The third kappa shape index (κ3) is 22.3. The Hall–Kier alpha value is -0.240. The zero-order valence-electron chi connectivity index (χ0n) is 29.5. The van der Waals surface area contributed by atoms with Gasteiger partial charge in [-0.2, -0.15) is 0 Å². The number of hydrogen-bond acceptors (Lipinski definition) is 6. The lowest BCUT2D eigenvalue weighted by molar-refractivity contribution is -0.211. The Morgan fingerprint density at radius 2 is 0.881 bits per heavy atom. The molecule has 0 saturated heterocycles. The van der Waals surface area contributed by atoms with E-state index in [-0.39, 0.29) is 6.42 Å². The van der Waals surface area contributed by atoms with Crippen LogP contribution in [0.3, 0.4) is 0 Å². The Morgan fingerprint density at radius 3 is 1.24 bits per heavy atom. The van der Waals surface area contributed by atoms with E-state index in [1.54, 1.807) is 0 Å². The van der Waals surface area contributed by atoms with Gasteiger partial charge in [-0.15, -0.1) is 0 Å². The summed E-state index contributed by atoms with van der Waals surface area (Å²) in [5.74, 6) is 0. The first-order valence-electron chi connectivity index (χ1n) is 19.4. The van der Waals surface area contributed by atoms with Crippen LogP contribution in [0.15, 0.2) is 0 Å². The number of rotatable bonds is 34. The van der Waals surface area contributed by atoms with Crippen molar-refractivity contribution in [3.8, 4) is 0 Å². The summed E-state index contributed by atoms with van der Waals surface area (Å²) in [4.78, 5) is 0. The molecule has 6 heteroatoms. The minimum absolute atomic E-state index is 0.196. The Balaban J connectivity index is 4.17. The number of unbranched alkanes of at least 4 members (excludes halogenated alkanes) is 24. The fourth-order valence-electron chi connectivity index (χ4n) is 5.95. The Bertz CT molecular complexity index is 573. The highest BCUT2D eigenvalue weighted by atomic mass is 16.5. The number of aliphatic hydroxyl groups is 5. The second-order valence-corrected chi connectivity index (χ2v) is 12.7. The number of ether oxygens (including phenoxy) is 1. The minimum atomic E-state index is -1.82. The van der Waals surface area contributed by atoms with Crippen molar-refractivity contribution in [1.82, 2.24) is 0 Å². The van der Waals surface area contributed by atoms with Crippen molar-refractivity contribution in [2.75, 3.05) is 19.8 Å². The van der Waals surface area contributed by atoms with Crippen LogP contribution in [0.4, 0.5) is 0 Å². The van der Waals surface area contributed by atoms with Crippen molar-refractivity contribution in [2.24, 2.45) is 0 Å². The van der Waals surface area contributed by atoms with Gasteiger partial charge in [-0.05, 0) is 12.8 Å². The molecule has 0 spiro atoms. The van der Waals surface area contributed by atoms with Gasteiger partial charge in [0.05, 0.1) is 13.2 Å². The standard InChI is InChI=1S/C36H74O6/c1-3-5-7-9-11-13-15-17-19-21-23-25-27-29-36(41,34(40)32-38)35(33(39)31-37)42-30-28-26-24-22-20-18-16-14-12-10-8-6-4-2/h33-35,37-41H,3-32H2,1-2H3/t33-,34-,35-,36-/m1/s1/i1D,2D. The molecule has 5 N–H and O–H groups in total. The molecule has 0 aliphatic heterocycles. The molecule has 0 aromatic carbocycles. The van der Waals surface area contributed by atoms with Crippen LogP contribution in [0.25, 0.3) is 0 Å². The molecule has 4 atom stereocenters. The van der Waals surface area contributed by atoms with E-state index in [1.807, 2.05) is 0 Å². The molecule has 0 aliphatic rings. The highest BCUT2D eigenvalue weighted by molar-refractivity contribution is 4.97. The molecule has 0 unspecified atom stereocenters. The topological polar surface area (TPSA) is 110 Å². The van der Waals surface area contributed by atoms with E-state index in [1.165, 1.54) is 109 Å². The van der Waals surface area contributed by atoms with Gasteiger partial charge in [0.2, 0.25) is 0 Å². The molecule has 0 heterocycles. The van der Waals surface area contributed by atoms with Gasteiger partial charge in [0.15, 0.2) is 0 Å². The van der Waals surface area contributed by atoms with Gasteiger partial charge in [0.1, 0.15) is 23.9 Å². The first kappa shape index (κ1) is 37.9. The predicted molar refractivity (Wildman–Crippen MR) is 177 cm³/mol. The molecule has 0 rings (SSSR count). The summed E-state index contributed by atoms with van der Waals surface area (Å²) in [5, 5.41) is 51.8. The lowest BCUT2D eigenvalue weighted by Gasteiger charge is -2.41. The van der Waals surface area contributed by atoms with Crippen LogP contribution in [-0.2, 0) is 4.74 Å². The van der Waals surface area contributed by atoms with Crippen LogP contribution < -0.4 is 0 Å². The van der Waals surface area contributed by atoms with Gasteiger partial charge in [-0.1, -0.05) is 174 Å². The highest BCUT2D eigenvalue weighted by Crippen LogP contribution is 2.29. The molecule has 0 aromatic heterocycles. The Kier molecular flexibility index (Phi) is 27.8. The van der Waals surface area contributed by atoms with E-state index in [0.29, 0.717) is 26.8 Å². The molecule has 0 amide bonds. The average Bonchev–Trinajstić information content (AvgIpc) is 3.03. The Morgan fingerprint density at radius 1 is 0.524 bits per heavy atom. The van der Waals surface area contributed by atoms with Gasteiger partial charge in [0, 0.05) is 9.35 Å². The molecule has 0 radical (unpaired) electrons. The highest BCUT2D eigenvalue weighted by Gasteiger charge is 2.46. The normalized spacial score (nSPS) is 16.1. The quantitative estimate of drug-likeness (QED) is 0.0472. The fourth-order valence-corrected chi connectivity index (χ4v) is 5.95. The maximum atomic E-state index is 11.4. The monoisotopic (exact) mass is 605 g/mol. The Labute approximate surface area is 263 Å². The predicted octanol–water partition coefficient (Wildman–Crippen LogP) is 8.38. The van der Waals surface area contributed by atoms with Gasteiger partial charge in [0.25, 0.3) is 0 Å². The first-order chi connectivity index (χ1) is 21.5. The molecular formula is C36H74O6. The van der Waals surface area contributed by atoms with Crippen LogP contribution >= 0.6 is 0 Å². The molecule has 0 bridgehead atoms. The van der Waals surface area contributed by atoms with Crippen molar-refractivity contribution in [3.63, 3.8) is 0 Å². The van der Waals surface area contributed by atoms with E-state index in [9.17, 15) is 25.5 Å². The van der Waals surface area contributed by atoms with Gasteiger partial charge in [-0.25, -0.2) is 0 Å². The number of aliphatic hydroxyl groups excluding tert-OH is 4. The molecule has 6 nitrogen and oxygen atoms in total. The van der Waals surface area contributed by atoms with Crippen molar-refractivity contribution in [1.29, 1.82) is 0 Å². The third-order valence-electron chi connectivity index (χ3n) is 8.80. The minimum Gasteiger partial charge on any atom is -0.394 e. The summed E-state index contributed by atoms with van der Waals surface area (Å²) in [5.41, 5.74) is -1.82. The van der Waals surface area contributed by atoms with Gasteiger partial charge < -0.3 is 30.3 Å². The van der Waals surface area contributed by atoms with E-state index in [0.717, 1.165) is 51.4 Å². The largest absolute Gasteiger partial charge is 0.394 e. The molecular weight excluding hydrogens is 528 g/mol. The zero-order valence-corrected chi connectivity index (χ0v) is 27.5. The van der Waals surface area contributed by atoms with Crippen molar-refractivity contribution in [3.05, 3.63) is 0 Å². The lowest BCUT2D eigenvalue weighted by atomic mass is 9.82. The molecule has 0 fully saturated rings. The maximum absolute atomic E-state index is 11.4. The smallest absolute Gasteiger partial charge is 0.121 e. The second kappa shape index (κ2) is 30.8. The van der Waals surface area contributed by atoms with Crippen LogP contribution in [0.5, 0.6) is 0 Å². The van der Waals surface area contributed by atoms with Gasteiger partial charge >= 0.3 is 0 Å². The van der Waals surface area contributed by atoms with E-state index >= 15 is 0 Å². The van der Waals surface area contributed by atoms with Crippen molar-refractivity contribution in [2.45, 2.75) is 211 Å². The van der Waals surface area contributed by atoms with Crippen LogP contribution in [-0.4, -0.2) is 69.3 Å². The third-order valence-corrected chi connectivity index (χ3v) is 8.80. The zero-order chi connectivity index (χ0) is 32.6. The molecule has 0 saturated carbocycles. The van der Waals surface area contributed by atoms with E-state index in [4.69, 9.17) is 7.48 Å². The molecule has 42 heavy (non-hydrogen) atoms. The summed E-state index contributed by atoms with van der Waals surface area (Å²) in [6.45, 7) is 0.223. The van der Waals surface area contributed by atoms with E-state index in [2.05, 4.69) is 0 Å². The second-order valence-electron chi connectivity index (χ2n) is 12.7. The summed E-state index contributed by atoms with van der Waals surface area (Å²) < 4.78 is 20.3. The lowest BCUT2D eigenvalue weighted by Crippen LogP contribution is -2.59. The maximum Gasteiger partial charge on any atom is 0.121 e. The number of hydrogen-bond donors (Lipinski definition) is 5. The van der Waals surface area contributed by atoms with Crippen LogP contribution in [0, 0.1) is 0 Å². The van der Waals surface area contributed by atoms with Gasteiger partial charge in [-0.3, -0.25) is 0 Å². The van der Waals surface area contributed by atoms with Crippen LogP contribution in [0.1, 0.15) is 190 Å². The summed E-state index contributed by atoms with van der Waals surface area (Å²) in [6, 6.07) is 0. The SMILES string of the molecule is [2H]CCCCCCCCCCCCCCCO[C@H]([C@H](O)CO)[C@@](O)(CCCCCCCCCCCCCCC[2H])[C@H](O)CO. The molecule has 0 aromatic rings. The molecule has 254 valence electrons. The summed E-state index contributed by atoms with van der Waals surface area (Å²) in [6.07, 6.45) is 26.3. The van der Waals surface area contributed by atoms with E-state index < -0.39 is 37.1 Å². The average molecular weight is 605 g/mol. The molecule has 0 aliphatic carbocycles. The first-order valence-corrected chi connectivity index (χ1v) is 18.0.